The molecule has 0 unspecified atom stereocenters. The molecule has 2 heterocycles. The average molecular weight is 399 g/mol. The average Bonchev–Trinajstić information content (AvgIpc) is 3.12. The van der Waals surface area contributed by atoms with Crippen molar-refractivity contribution in [3.05, 3.63) is 59.1 Å². The van der Waals surface area contributed by atoms with Gasteiger partial charge in [-0.1, -0.05) is 41.7 Å². The number of hydrogen-bond donors (Lipinski definition) is 1. The topological polar surface area (TPSA) is 81.2 Å². The molecule has 2 aromatic heterocycles. The number of hydrogen-bond acceptors (Lipinski definition) is 7. The molecule has 1 amide bonds. The minimum absolute atomic E-state index is 0.263. The van der Waals surface area contributed by atoms with Gasteiger partial charge in [0, 0.05) is 11.8 Å². The fourth-order valence-corrected chi connectivity index (χ4v) is 3.81. The summed E-state index contributed by atoms with van der Waals surface area (Å²) >= 11 is 2.48. The molecule has 138 valence electrons. The highest BCUT2D eigenvalue weighted by molar-refractivity contribution is 7.98. The predicted molar refractivity (Wildman–Crippen MR) is 107 cm³/mol. The zero-order chi connectivity index (χ0) is 19.2. The summed E-state index contributed by atoms with van der Waals surface area (Å²) in [5.41, 5.74) is 1.73. The number of aromatic nitrogens is 2. The van der Waals surface area contributed by atoms with Crippen LogP contribution in [0.2, 0.25) is 0 Å². The molecule has 3 rings (SSSR count). The summed E-state index contributed by atoms with van der Waals surface area (Å²) < 4.78 is 5.13. The molecule has 0 atom stereocenters. The summed E-state index contributed by atoms with van der Waals surface area (Å²) in [5.74, 6) is -0.781. The van der Waals surface area contributed by atoms with Gasteiger partial charge in [0.05, 0.1) is 17.9 Å². The van der Waals surface area contributed by atoms with Crippen LogP contribution in [0.4, 0.5) is 5.13 Å². The number of benzene rings is 1. The smallest absolute Gasteiger partial charge is 0.350 e. The van der Waals surface area contributed by atoms with Crippen molar-refractivity contribution in [3.8, 4) is 11.3 Å². The SMILES string of the molecule is CCOC(=O)c1sc(NC(=O)c2cccnc2SC)nc1-c1ccccc1. The lowest BCUT2D eigenvalue weighted by Gasteiger charge is -2.05. The monoisotopic (exact) mass is 399 g/mol. The molecule has 8 heteroatoms. The number of anilines is 1. The molecule has 1 N–H and O–H groups in total. The first-order valence-electron chi connectivity index (χ1n) is 8.17. The molecule has 1 aromatic carbocycles. The number of rotatable bonds is 6. The zero-order valence-electron chi connectivity index (χ0n) is 14.8. The molecule has 6 nitrogen and oxygen atoms in total. The lowest BCUT2D eigenvalue weighted by molar-refractivity contribution is 0.0532. The van der Waals surface area contributed by atoms with E-state index < -0.39 is 5.97 Å². The molecule has 0 aliphatic carbocycles. The summed E-state index contributed by atoms with van der Waals surface area (Å²) in [7, 11) is 0. The third-order valence-corrected chi connectivity index (χ3v) is 5.23. The Labute approximate surface area is 165 Å². The second-order valence-electron chi connectivity index (χ2n) is 5.30. The normalized spacial score (nSPS) is 10.4. The van der Waals surface area contributed by atoms with Crippen LogP contribution in [0.25, 0.3) is 11.3 Å². The number of thiazole rings is 1. The minimum atomic E-state index is -0.458. The van der Waals surface area contributed by atoms with Crippen molar-refractivity contribution in [1.29, 1.82) is 0 Å². The van der Waals surface area contributed by atoms with Crippen molar-refractivity contribution >= 4 is 40.1 Å². The lowest BCUT2D eigenvalue weighted by atomic mass is 10.1. The number of carbonyl (C=O) groups excluding carboxylic acids is 2. The van der Waals surface area contributed by atoms with Crippen LogP contribution in [0.5, 0.6) is 0 Å². The van der Waals surface area contributed by atoms with E-state index in [1.165, 1.54) is 11.8 Å². The molecular formula is C19H17N3O3S2. The molecule has 0 fully saturated rings. The van der Waals surface area contributed by atoms with Crippen molar-refractivity contribution in [2.45, 2.75) is 11.9 Å². The molecule has 0 saturated heterocycles. The van der Waals surface area contributed by atoms with Crippen LogP contribution in [0, 0.1) is 0 Å². The van der Waals surface area contributed by atoms with E-state index in [1.807, 2.05) is 36.6 Å². The molecular weight excluding hydrogens is 382 g/mol. The molecule has 3 aromatic rings. The van der Waals surface area contributed by atoms with Gasteiger partial charge in [-0.15, -0.1) is 11.8 Å². The zero-order valence-corrected chi connectivity index (χ0v) is 16.4. The van der Waals surface area contributed by atoms with Crippen molar-refractivity contribution in [1.82, 2.24) is 9.97 Å². The van der Waals surface area contributed by atoms with Crippen LogP contribution < -0.4 is 5.32 Å². The molecule has 0 saturated carbocycles. The van der Waals surface area contributed by atoms with Gasteiger partial charge in [-0.2, -0.15) is 0 Å². The fourth-order valence-electron chi connectivity index (χ4n) is 2.39. The van der Waals surface area contributed by atoms with E-state index in [0.717, 1.165) is 16.9 Å². The summed E-state index contributed by atoms with van der Waals surface area (Å²) in [6.45, 7) is 2.01. The largest absolute Gasteiger partial charge is 0.462 e. The van der Waals surface area contributed by atoms with Gasteiger partial charge in [0.15, 0.2) is 5.13 Å². The van der Waals surface area contributed by atoms with Crippen molar-refractivity contribution in [2.75, 3.05) is 18.2 Å². The van der Waals surface area contributed by atoms with Crippen LogP contribution in [0.15, 0.2) is 53.7 Å². The van der Waals surface area contributed by atoms with Crippen LogP contribution in [-0.4, -0.2) is 34.7 Å². The number of thioether (sulfide) groups is 1. The molecule has 0 radical (unpaired) electrons. The Bertz CT molecular complexity index is 958. The first-order valence-corrected chi connectivity index (χ1v) is 10.2. The Morgan fingerprint density at radius 2 is 1.96 bits per heavy atom. The van der Waals surface area contributed by atoms with Crippen molar-refractivity contribution in [3.63, 3.8) is 0 Å². The summed E-state index contributed by atoms with van der Waals surface area (Å²) in [6.07, 6.45) is 3.49. The van der Waals surface area contributed by atoms with Gasteiger partial charge < -0.3 is 4.74 Å². The van der Waals surface area contributed by atoms with Crippen LogP contribution in [-0.2, 0) is 4.74 Å². The second kappa shape index (κ2) is 8.79. The highest BCUT2D eigenvalue weighted by Gasteiger charge is 2.22. The number of ether oxygens (including phenoxy) is 1. The van der Waals surface area contributed by atoms with Crippen LogP contribution in [0.3, 0.4) is 0 Å². The van der Waals surface area contributed by atoms with Gasteiger partial charge in [0.25, 0.3) is 5.91 Å². The first-order chi connectivity index (χ1) is 13.1. The van der Waals surface area contributed by atoms with E-state index in [0.29, 0.717) is 26.3 Å². The van der Waals surface area contributed by atoms with Gasteiger partial charge in [0.2, 0.25) is 0 Å². The van der Waals surface area contributed by atoms with E-state index in [-0.39, 0.29) is 12.5 Å². The third kappa shape index (κ3) is 4.35. The Morgan fingerprint density at radius 1 is 1.19 bits per heavy atom. The minimum Gasteiger partial charge on any atom is -0.462 e. The molecule has 27 heavy (non-hydrogen) atoms. The first kappa shape index (κ1) is 19.1. The van der Waals surface area contributed by atoms with E-state index in [9.17, 15) is 9.59 Å². The Kier molecular flexibility index (Phi) is 6.20. The lowest BCUT2D eigenvalue weighted by Crippen LogP contribution is -2.13. The van der Waals surface area contributed by atoms with Crippen molar-refractivity contribution < 1.29 is 14.3 Å². The van der Waals surface area contributed by atoms with E-state index in [1.54, 1.807) is 25.3 Å². The second-order valence-corrected chi connectivity index (χ2v) is 7.09. The number of pyridine rings is 1. The number of nitrogens with one attached hydrogen (secondary N) is 1. The third-order valence-electron chi connectivity index (χ3n) is 3.56. The molecule has 0 aliphatic rings. The quantitative estimate of drug-likeness (QED) is 0.490. The number of carbonyl (C=O) groups is 2. The predicted octanol–water partition coefficient (Wildman–Crippen LogP) is 4.36. The van der Waals surface area contributed by atoms with Gasteiger partial charge in [-0.25, -0.2) is 14.8 Å². The Hall–Kier alpha value is -2.71. The molecule has 0 aliphatic heterocycles. The maximum Gasteiger partial charge on any atom is 0.350 e. The van der Waals surface area contributed by atoms with Gasteiger partial charge >= 0.3 is 5.97 Å². The number of esters is 1. The van der Waals surface area contributed by atoms with Gasteiger partial charge in [-0.05, 0) is 25.3 Å². The molecule has 0 bridgehead atoms. The highest BCUT2D eigenvalue weighted by atomic mass is 32.2. The number of amides is 1. The van der Waals surface area contributed by atoms with E-state index in [4.69, 9.17) is 4.74 Å². The fraction of sp³-hybridized carbons (Fsp3) is 0.158. The summed E-state index contributed by atoms with van der Waals surface area (Å²) in [6, 6.07) is 12.7. The Morgan fingerprint density at radius 3 is 2.67 bits per heavy atom. The van der Waals surface area contributed by atoms with E-state index >= 15 is 0 Å². The summed E-state index contributed by atoms with van der Waals surface area (Å²) in [4.78, 5) is 34.0. The number of nitrogens with zero attached hydrogens (tertiary/aromatic N) is 2. The standard InChI is InChI=1S/C19H17N3O3S2/c1-3-25-18(24)15-14(12-8-5-4-6-9-12)21-19(27-15)22-16(23)13-10-7-11-20-17(13)26-2/h4-11H,3H2,1-2H3,(H,21,22,23). The van der Waals surface area contributed by atoms with Crippen molar-refractivity contribution in [2.24, 2.45) is 0 Å². The van der Waals surface area contributed by atoms with Gasteiger partial charge in [0.1, 0.15) is 9.90 Å². The van der Waals surface area contributed by atoms with E-state index in [2.05, 4.69) is 15.3 Å². The molecule has 0 spiro atoms. The summed E-state index contributed by atoms with van der Waals surface area (Å²) in [5, 5.41) is 3.72. The van der Waals surface area contributed by atoms with Gasteiger partial charge in [-0.3, -0.25) is 10.1 Å². The maximum absolute atomic E-state index is 12.6. The maximum atomic E-state index is 12.6. The highest BCUT2D eigenvalue weighted by Crippen LogP contribution is 2.32. The Balaban J connectivity index is 1.94. The van der Waals surface area contributed by atoms with Crippen LogP contribution >= 0.6 is 23.1 Å². The van der Waals surface area contributed by atoms with Crippen LogP contribution in [0.1, 0.15) is 27.0 Å².